The Labute approximate surface area is 141 Å². The van der Waals surface area contributed by atoms with Crippen molar-refractivity contribution in [2.45, 2.75) is 58.2 Å². The molecule has 0 spiro atoms. The molecule has 7 nitrogen and oxygen atoms in total. The minimum atomic E-state index is -0.509. The number of amides is 1. The second-order valence-electron chi connectivity index (χ2n) is 7.27. The van der Waals surface area contributed by atoms with Gasteiger partial charge in [-0.25, -0.2) is 9.48 Å². The zero-order valence-corrected chi connectivity index (χ0v) is 14.4. The van der Waals surface area contributed by atoms with Gasteiger partial charge in [0.05, 0.1) is 18.1 Å². The van der Waals surface area contributed by atoms with Crippen LogP contribution in [-0.4, -0.2) is 49.3 Å². The number of phenols is 1. The fourth-order valence-electron chi connectivity index (χ4n) is 3.04. The third-order valence-corrected chi connectivity index (χ3v) is 4.14. The lowest BCUT2D eigenvalue weighted by atomic mass is 10.0. The largest absolute Gasteiger partial charge is 0.508 e. The zero-order chi connectivity index (χ0) is 17.3. The maximum Gasteiger partial charge on any atom is 0.410 e. The van der Waals surface area contributed by atoms with E-state index in [0.29, 0.717) is 13.1 Å². The van der Waals surface area contributed by atoms with Gasteiger partial charge in [0, 0.05) is 12.6 Å². The Balaban J connectivity index is 1.80. The van der Waals surface area contributed by atoms with E-state index >= 15 is 0 Å². The normalized spacial score (nSPS) is 18.8. The molecule has 1 aromatic heterocycles. The predicted molar refractivity (Wildman–Crippen MR) is 89.8 cm³/mol. The van der Waals surface area contributed by atoms with Crippen LogP contribution in [0.2, 0.25) is 0 Å². The minimum absolute atomic E-state index is 0.0147. The van der Waals surface area contributed by atoms with Crippen molar-refractivity contribution >= 4 is 17.1 Å². The Morgan fingerprint density at radius 3 is 2.92 bits per heavy atom. The van der Waals surface area contributed by atoms with Crippen molar-refractivity contribution in [1.29, 1.82) is 0 Å². The van der Waals surface area contributed by atoms with Crippen molar-refractivity contribution in [2.24, 2.45) is 0 Å². The van der Waals surface area contributed by atoms with Crippen molar-refractivity contribution in [3.63, 3.8) is 0 Å². The number of likely N-dealkylation sites (tertiary alicyclic amines) is 1. The first-order valence-corrected chi connectivity index (χ1v) is 8.35. The molecule has 3 rings (SSSR count). The number of nitrogens with zero attached hydrogens (tertiary/aromatic N) is 4. The Morgan fingerprint density at radius 1 is 1.38 bits per heavy atom. The summed E-state index contributed by atoms with van der Waals surface area (Å²) in [5.74, 6) is 0.179. The number of benzene rings is 1. The molecule has 2 heterocycles. The third kappa shape index (κ3) is 3.60. The lowest BCUT2D eigenvalue weighted by Gasteiger charge is -2.36. The monoisotopic (exact) mass is 332 g/mol. The Morgan fingerprint density at radius 2 is 2.17 bits per heavy atom. The summed E-state index contributed by atoms with van der Waals surface area (Å²) in [6.45, 7) is 6.85. The fraction of sp³-hybridized carbons (Fsp3) is 0.588. The SMILES string of the molecule is CC(C)(C)OC(=O)N1CCCCC1Cn1nnc2ccc(O)cc21. The summed E-state index contributed by atoms with van der Waals surface area (Å²) in [5.41, 5.74) is 0.988. The molecule has 1 atom stereocenters. The van der Waals surface area contributed by atoms with Crippen LogP contribution in [0.25, 0.3) is 11.0 Å². The van der Waals surface area contributed by atoms with Gasteiger partial charge in [0.1, 0.15) is 16.9 Å². The lowest BCUT2D eigenvalue weighted by Crippen LogP contribution is -2.48. The third-order valence-electron chi connectivity index (χ3n) is 4.14. The summed E-state index contributed by atoms with van der Waals surface area (Å²) >= 11 is 0. The molecule has 1 amide bonds. The van der Waals surface area contributed by atoms with E-state index in [2.05, 4.69) is 10.3 Å². The zero-order valence-electron chi connectivity index (χ0n) is 14.4. The van der Waals surface area contributed by atoms with Crippen molar-refractivity contribution in [3.05, 3.63) is 18.2 Å². The van der Waals surface area contributed by atoms with E-state index in [9.17, 15) is 9.90 Å². The Bertz CT molecular complexity index is 735. The lowest BCUT2D eigenvalue weighted by molar-refractivity contribution is 0.00748. The van der Waals surface area contributed by atoms with E-state index in [1.807, 2.05) is 20.8 Å². The highest BCUT2D eigenvalue weighted by atomic mass is 16.6. The van der Waals surface area contributed by atoms with Gasteiger partial charge in [0.25, 0.3) is 0 Å². The molecule has 1 aliphatic rings. The fourth-order valence-corrected chi connectivity index (χ4v) is 3.04. The van der Waals surface area contributed by atoms with Crippen LogP contribution in [0.1, 0.15) is 40.0 Å². The van der Waals surface area contributed by atoms with Gasteiger partial charge in [0.2, 0.25) is 0 Å². The maximum absolute atomic E-state index is 12.5. The number of piperidine rings is 1. The summed E-state index contributed by atoms with van der Waals surface area (Å²) in [7, 11) is 0. The van der Waals surface area contributed by atoms with Gasteiger partial charge >= 0.3 is 6.09 Å². The second-order valence-corrected chi connectivity index (χ2v) is 7.27. The highest BCUT2D eigenvalue weighted by molar-refractivity contribution is 5.76. The van der Waals surface area contributed by atoms with Crippen molar-refractivity contribution in [3.8, 4) is 5.75 Å². The summed E-state index contributed by atoms with van der Waals surface area (Å²) in [4.78, 5) is 14.3. The highest BCUT2D eigenvalue weighted by Crippen LogP contribution is 2.24. The molecular formula is C17H24N4O3. The molecule has 0 aliphatic carbocycles. The number of carbonyl (C=O) groups is 1. The first-order valence-electron chi connectivity index (χ1n) is 8.35. The van der Waals surface area contributed by atoms with E-state index in [1.54, 1.807) is 27.8 Å². The average Bonchev–Trinajstić information content (AvgIpc) is 2.88. The molecule has 1 fully saturated rings. The Kier molecular flexibility index (Phi) is 4.34. The van der Waals surface area contributed by atoms with Crippen molar-refractivity contribution in [2.75, 3.05) is 6.54 Å². The van der Waals surface area contributed by atoms with E-state index in [1.165, 1.54) is 0 Å². The van der Waals surface area contributed by atoms with Gasteiger partial charge in [-0.3, -0.25) is 0 Å². The molecule has 2 aromatic rings. The maximum atomic E-state index is 12.5. The molecule has 1 aromatic carbocycles. The number of aromatic hydroxyl groups is 1. The van der Waals surface area contributed by atoms with E-state index in [4.69, 9.17) is 4.74 Å². The van der Waals surface area contributed by atoms with Crippen LogP contribution in [0.15, 0.2) is 18.2 Å². The number of fused-ring (bicyclic) bond motifs is 1. The number of aromatic nitrogens is 3. The first-order chi connectivity index (χ1) is 11.3. The number of rotatable bonds is 2. The quantitative estimate of drug-likeness (QED) is 0.914. The van der Waals surface area contributed by atoms with Gasteiger partial charge in [0.15, 0.2) is 0 Å². The van der Waals surface area contributed by atoms with Crippen LogP contribution in [0.3, 0.4) is 0 Å². The average molecular weight is 332 g/mol. The highest BCUT2D eigenvalue weighted by Gasteiger charge is 2.31. The first kappa shape index (κ1) is 16.5. The molecular weight excluding hydrogens is 308 g/mol. The molecule has 0 bridgehead atoms. The van der Waals surface area contributed by atoms with Crippen molar-refractivity contribution < 1.29 is 14.6 Å². The number of phenolic OH excluding ortho intramolecular Hbond substituents is 1. The Hall–Kier alpha value is -2.31. The van der Waals surface area contributed by atoms with Crippen LogP contribution in [0.5, 0.6) is 5.75 Å². The molecule has 0 radical (unpaired) electrons. The number of hydrogen-bond donors (Lipinski definition) is 1. The summed E-state index contributed by atoms with van der Waals surface area (Å²) < 4.78 is 7.29. The summed E-state index contributed by atoms with van der Waals surface area (Å²) in [5, 5.41) is 18.0. The van der Waals surface area contributed by atoms with E-state index < -0.39 is 5.60 Å². The van der Waals surface area contributed by atoms with E-state index in [0.717, 1.165) is 30.3 Å². The van der Waals surface area contributed by atoms with Gasteiger partial charge in [-0.05, 0) is 52.2 Å². The molecule has 7 heteroatoms. The predicted octanol–water partition coefficient (Wildman–Crippen LogP) is 2.93. The van der Waals surface area contributed by atoms with Crippen LogP contribution >= 0.6 is 0 Å². The van der Waals surface area contributed by atoms with Crippen LogP contribution in [-0.2, 0) is 11.3 Å². The van der Waals surface area contributed by atoms with Gasteiger partial charge < -0.3 is 14.7 Å². The van der Waals surface area contributed by atoms with Gasteiger partial charge in [-0.2, -0.15) is 0 Å². The van der Waals surface area contributed by atoms with Gasteiger partial charge in [-0.1, -0.05) is 5.21 Å². The smallest absolute Gasteiger partial charge is 0.410 e. The van der Waals surface area contributed by atoms with Crippen LogP contribution < -0.4 is 0 Å². The molecule has 24 heavy (non-hydrogen) atoms. The van der Waals surface area contributed by atoms with Crippen LogP contribution in [0.4, 0.5) is 4.79 Å². The topological polar surface area (TPSA) is 80.5 Å². The van der Waals surface area contributed by atoms with Gasteiger partial charge in [-0.15, -0.1) is 5.10 Å². The molecule has 0 saturated carbocycles. The summed E-state index contributed by atoms with van der Waals surface area (Å²) in [6, 6.07) is 4.99. The standard InChI is InChI=1S/C17H24N4O3/c1-17(2,3)24-16(23)20-9-5-4-6-12(20)11-21-15-10-13(22)7-8-14(15)18-19-21/h7-8,10,12,22H,4-6,9,11H2,1-3H3. The van der Waals surface area contributed by atoms with Crippen LogP contribution in [0, 0.1) is 0 Å². The molecule has 1 saturated heterocycles. The molecule has 1 unspecified atom stereocenters. The molecule has 1 aliphatic heterocycles. The van der Waals surface area contributed by atoms with E-state index in [-0.39, 0.29) is 17.9 Å². The van der Waals surface area contributed by atoms with Crippen molar-refractivity contribution in [1.82, 2.24) is 19.9 Å². The minimum Gasteiger partial charge on any atom is -0.508 e. The molecule has 1 N–H and O–H groups in total. The second kappa shape index (κ2) is 6.30. The summed E-state index contributed by atoms with van der Waals surface area (Å²) in [6.07, 6.45) is 2.68. The number of hydrogen-bond acceptors (Lipinski definition) is 5. The number of carbonyl (C=O) groups excluding carboxylic acids is 1. The number of ether oxygens (including phenoxy) is 1. The molecule has 130 valence electrons.